The number of nitrogens with one attached hydrogen (secondary N) is 1. The summed E-state index contributed by atoms with van der Waals surface area (Å²) in [5, 5.41) is 4.20. The molecule has 3 rings (SSSR count). The Hall–Kier alpha value is -2.55. The first-order chi connectivity index (χ1) is 10.1. The Morgan fingerprint density at radius 1 is 1.10 bits per heavy atom. The summed E-state index contributed by atoms with van der Waals surface area (Å²) in [6, 6.07) is 16.0. The molecule has 3 aromatic rings. The number of fused-ring (bicyclic) bond motifs is 1. The van der Waals surface area contributed by atoms with Crippen LogP contribution in [-0.2, 0) is 7.05 Å². The number of para-hydroxylation sites is 1. The molecule has 0 saturated heterocycles. The summed E-state index contributed by atoms with van der Waals surface area (Å²) >= 11 is 0. The van der Waals surface area contributed by atoms with Crippen LogP contribution in [0.25, 0.3) is 10.9 Å². The predicted molar refractivity (Wildman–Crippen MR) is 86.9 cm³/mol. The molecule has 0 aliphatic rings. The molecule has 0 aliphatic carbocycles. The van der Waals surface area contributed by atoms with Crippen LogP contribution in [0, 0.1) is 6.92 Å². The molecule has 0 atom stereocenters. The van der Waals surface area contributed by atoms with E-state index in [4.69, 9.17) is 0 Å². The molecule has 1 heterocycles. The lowest BCUT2D eigenvalue weighted by atomic mass is 10.1. The van der Waals surface area contributed by atoms with E-state index in [0.717, 1.165) is 22.2 Å². The van der Waals surface area contributed by atoms with E-state index < -0.39 is 0 Å². The quantitative estimate of drug-likeness (QED) is 0.737. The van der Waals surface area contributed by atoms with Crippen LogP contribution in [0.5, 0.6) is 0 Å². The van der Waals surface area contributed by atoms with Gasteiger partial charge < -0.3 is 9.88 Å². The zero-order chi connectivity index (χ0) is 14.8. The third-order valence-electron chi connectivity index (χ3n) is 3.70. The third-order valence-corrected chi connectivity index (χ3v) is 3.70. The Labute approximate surface area is 124 Å². The van der Waals surface area contributed by atoms with Crippen molar-refractivity contribution in [3.8, 4) is 0 Å². The Kier molecular flexibility index (Phi) is 3.48. The summed E-state index contributed by atoms with van der Waals surface area (Å²) in [6.45, 7) is 2.35. The first-order valence-corrected chi connectivity index (χ1v) is 7.03. The molecule has 0 saturated carbocycles. The molecular formula is C18H18N2O. The molecule has 0 amide bonds. The molecule has 2 aromatic carbocycles. The van der Waals surface area contributed by atoms with Gasteiger partial charge in [-0.15, -0.1) is 0 Å². The first-order valence-electron chi connectivity index (χ1n) is 7.03. The number of hydrogen-bond donors (Lipinski definition) is 1. The minimum atomic E-state index is 0.104. The predicted octanol–water partition coefficient (Wildman–Crippen LogP) is 3.78. The van der Waals surface area contributed by atoms with Crippen molar-refractivity contribution in [2.24, 2.45) is 7.05 Å². The van der Waals surface area contributed by atoms with Gasteiger partial charge in [0.15, 0.2) is 5.78 Å². The smallest absolute Gasteiger partial charge is 0.184 e. The van der Waals surface area contributed by atoms with Crippen LogP contribution in [0.2, 0.25) is 0 Å². The van der Waals surface area contributed by atoms with Gasteiger partial charge in [0.2, 0.25) is 0 Å². The van der Waals surface area contributed by atoms with Crippen LogP contribution >= 0.6 is 0 Å². The second-order valence-electron chi connectivity index (χ2n) is 5.31. The van der Waals surface area contributed by atoms with Gasteiger partial charge in [-0.1, -0.05) is 35.9 Å². The van der Waals surface area contributed by atoms with Crippen molar-refractivity contribution < 1.29 is 4.79 Å². The number of aromatic nitrogens is 1. The molecule has 1 aromatic heterocycles. The van der Waals surface area contributed by atoms with Crippen LogP contribution in [-0.4, -0.2) is 16.9 Å². The summed E-state index contributed by atoms with van der Waals surface area (Å²) in [7, 11) is 1.96. The van der Waals surface area contributed by atoms with Gasteiger partial charge in [-0.05, 0) is 25.1 Å². The number of ketones is 1. The first kappa shape index (κ1) is 13.4. The Balaban J connectivity index is 1.79. The number of benzene rings is 2. The van der Waals surface area contributed by atoms with E-state index >= 15 is 0 Å². The number of anilines is 1. The van der Waals surface area contributed by atoms with E-state index in [1.54, 1.807) is 0 Å². The average Bonchev–Trinajstić information content (AvgIpc) is 2.84. The summed E-state index contributed by atoms with van der Waals surface area (Å²) in [6.07, 6.45) is 1.91. The van der Waals surface area contributed by atoms with Crippen LogP contribution in [0.1, 0.15) is 15.9 Å². The zero-order valence-corrected chi connectivity index (χ0v) is 12.3. The largest absolute Gasteiger partial charge is 0.378 e. The summed E-state index contributed by atoms with van der Waals surface area (Å²) in [5.41, 5.74) is 4.03. The highest BCUT2D eigenvalue weighted by molar-refractivity contribution is 6.09. The topological polar surface area (TPSA) is 34.0 Å². The molecule has 0 spiro atoms. The van der Waals surface area contributed by atoms with Gasteiger partial charge in [0, 0.05) is 35.4 Å². The van der Waals surface area contributed by atoms with Gasteiger partial charge in [0.05, 0.1) is 6.54 Å². The second-order valence-corrected chi connectivity index (χ2v) is 5.31. The Morgan fingerprint density at radius 3 is 2.57 bits per heavy atom. The van der Waals surface area contributed by atoms with Crippen LogP contribution in [0.4, 0.5) is 5.69 Å². The number of carbonyl (C=O) groups excluding carboxylic acids is 1. The molecule has 0 radical (unpaired) electrons. The Morgan fingerprint density at radius 2 is 1.81 bits per heavy atom. The van der Waals surface area contributed by atoms with Gasteiger partial charge in [-0.25, -0.2) is 0 Å². The van der Waals surface area contributed by atoms with E-state index in [9.17, 15) is 4.79 Å². The molecule has 3 nitrogen and oxygen atoms in total. The molecule has 0 aliphatic heterocycles. The monoisotopic (exact) mass is 278 g/mol. The number of nitrogens with zero attached hydrogens (tertiary/aromatic N) is 1. The Bertz CT molecular complexity index is 785. The summed E-state index contributed by atoms with van der Waals surface area (Å²) in [5.74, 6) is 0.104. The normalized spacial score (nSPS) is 10.8. The molecule has 106 valence electrons. The summed E-state index contributed by atoms with van der Waals surface area (Å²) in [4.78, 5) is 12.4. The van der Waals surface area contributed by atoms with Crippen molar-refractivity contribution in [3.63, 3.8) is 0 Å². The van der Waals surface area contributed by atoms with Crippen LogP contribution in [0.3, 0.4) is 0 Å². The van der Waals surface area contributed by atoms with Gasteiger partial charge in [0.1, 0.15) is 0 Å². The average molecular weight is 278 g/mol. The summed E-state index contributed by atoms with van der Waals surface area (Å²) < 4.78 is 1.99. The molecule has 3 heteroatoms. The molecule has 21 heavy (non-hydrogen) atoms. The number of rotatable bonds is 4. The minimum absolute atomic E-state index is 0.104. The highest BCUT2D eigenvalue weighted by Crippen LogP contribution is 2.21. The molecule has 0 bridgehead atoms. The van der Waals surface area contributed by atoms with Crippen molar-refractivity contribution >= 4 is 22.4 Å². The highest BCUT2D eigenvalue weighted by Gasteiger charge is 2.13. The van der Waals surface area contributed by atoms with Crippen molar-refractivity contribution in [2.45, 2.75) is 6.92 Å². The lowest BCUT2D eigenvalue weighted by Gasteiger charge is -2.05. The third kappa shape index (κ3) is 2.68. The van der Waals surface area contributed by atoms with Gasteiger partial charge >= 0.3 is 0 Å². The number of hydrogen-bond acceptors (Lipinski definition) is 2. The molecular weight excluding hydrogens is 260 g/mol. The minimum Gasteiger partial charge on any atom is -0.378 e. The lowest BCUT2D eigenvalue weighted by Crippen LogP contribution is -2.13. The van der Waals surface area contributed by atoms with Crippen molar-refractivity contribution in [2.75, 3.05) is 11.9 Å². The number of carbonyl (C=O) groups is 1. The van der Waals surface area contributed by atoms with Crippen molar-refractivity contribution in [1.82, 2.24) is 4.57 Å². The van der Waals surface area contributed by atoms with E-state index in [1.165, 1.54) is 5.56 Å². The standard InChI is InChI=1S/C18H18N2O/c1-13-7-9-14(10-8-13)19-11-18(21)16-12-20(2)17-6-4-3-5-15(16)17/h3-10,12,19H,11H2,1-2H3. The van der Waals surface area contributed by atoms with E-state index in [2.05, 4.69) is 5.32 Å². The fourth-order valence-electron chi connectivity index (χ4n) is 2.51. The molecule has 0 unspecified atom stereocenters. The van der Waals surface area contributed by atoms with Crippen LogP contribution < -0.4 is 5.32 Å². The lowest BCUT2D eigenvalue weighted by molar-refractivity contribution is 0.101. The van der Waals surface area contributed by atoms with E-state index in [-0.39, 0.29) is 5.78 Å². The zero-order valence-electron chi connectivity index (χ0n) is 12.3. The van der Waals surface area contributed by atoms with Gasteiger partial charge in [0.25, 0.3) is 0 Å². The van der Waals surface area contributed by atoms with E-state index in [0.29, 0.717) is 6.54 Å². The second kappa shape index (κ2) is 5.44. The number of Topliss-reactive ketones (excluding diaryl/α,β-unsaturated/α-hetero) is 1. The van der Waals surface area contributed by atoms with Gasteiger partial charge in [-0.3, -0.25) is 4.79 Å². The SMILES string of the molecule is Cc1ccc(NCC(=O)c2cn(C)c3ccccc23)cc1. The maximum Gasteiger partial charge on any atom is 0.184 e. The molecule has 1 N–H and O–H groups in total. The fourth-order valence-corrected chi connectivity index (χ4v) is 2.51. The van der Waals surface area contributed by atoms with Crippen molar-refractivity contribution in [3.05, 3.63) is 65.9 Å². The maximum atomic E-state index is 12.4. The fraction of sp³-hybridized carbons (Fsp3) is 0.167. The van der Waals surface area contributed by atoms with Gasteiger partial charge in [-0.2, -0.15) is 0 Å². The highest BCUT2D eigenvalue weighted by atomic mass is 16.1. The van der Waals surface area contributed by atoms with Crippen LogP contribution in [0.15, 0.2) is 54.7 Å². The molecule has 0 fully saturated rings. The van der Waals surface area contributed by atoms with Crippen molar-refractivity contribution in [1.29, 1.82) is 0 Å². The maximum absolute atomic E-state index is 12.4. The number of aryl methyl sites for hydroxylation is 2. The van der Waals surface area contributed by atoms with E-state index in [1.807, 2.05) is 73.3 Å².